The lowest BCUT2D eigenvalue weighted by atomic mass is 9.82. The summed E-state index contributed by atoms with van der Waals surface area (Å²) in [5.74, 6) is 0. The molecule has 5 heterocycles. The van der Waals surface area contributed by atoms with Gasteiger partial charge in [0.1, 0.15) is 0 Å². The molecular weight excluding hydrogens is 681 g/mol. The van der Waals surface area contributed by atoms with Crippen molar-refractivity contribution in [3.63, 3.8) is 0 Å². The zero-order valence-electron chi connectivity index (χ0n) is 30.8. The predicted octanol–water partition coefficient (Wildman–Crippen LogP) is 12.3. The van der Waals surface area contributed by atoms with Crippen LogP contribution in [0.4, 0.5) is 0 Å². The van der Waals surface area contributed by atoms with Crippen LogP contribution in [0.1, 0.15) is 44.5 Å². The van der Waals surface area contributed by atoms with Gasteiger partial charge in [-0.15, -0.1) is 0 Å². The molecule has 9 rings (SSSR count). The van der Waals surface area contributed by atoms with Crippen molar-refractivity contribution in [1.29, 1.82) is 0 Å². The van der Waals surface area contributed by atoms with Crippen LogP contribution in [0.15, 0.2) is 215 Å². The van der Waals surface area contributed by atoms with E-state index in [0.717, 1.165) is 112 Å². The summed E-state index contributed by atoms with van der Waals surface area (Å²) >= 11 is 0. The average Bonchev–Trinajstić information content (AvgIpc) is 4.05. The number of aliphatic imine (C=N–C) groups is 4. The first kappa shape index (κ1) is 34.2. The summed E-state index contributed by atoms with van der Waals surface area (Å²) in [5.41, 5.74) is 18.0. The second kappa shape index (κ2) is 14.3. The SMILES string of the molecule is C=Cc1ccccc1C1=CC2=CC3=NC(=CC4=NC(=CC5=NC(=C(c6ccccc6C=C)C1=N2)C(c1ccccc1C=C)=C5c1ccccc1C=C)C=C4)C=C3. The topological polar surface area (TPSA) is 49.4 Å². The Kier molecular flexibility index (Phi) is 8.77. The fourth-order valence-corrected chi connectivity index (χ4v) is 7.76. The van der Waals surface area contributed by atoms with E-state index in [0.29, 0.717) is 0 Å². The third-order valence-corrected chi connectivity index (χ3v) is 10.3. The van der Waals surface area contributed by atoms with E-state index in [9.17, 15) is 0 Å². The molecule has 4 heteroatoms. The van der Waals surface area contributed by atoms with Gasteiger partial charge in [-0.2, -0.15) is 0 Å². The first-order chi connectivity index (χ1) is 27.6. The van der Waals surface area contributed by atoms with Crippen molar-refractivity contribution in [2.45, 2.75) is 0 Å². The van der Waals surface area contributed by atoms with E-state index in [4.69, 9.17) is 20.0 Å². The van der Waals surface area contributed by atoms with E-state index < -0.39 is 0 Å². The van der Waals surface area contributed by atoms with Gasteiger partial charge in [0.2, 0.25) is 0 Å². The van der Waals surface area contributed by atoms with E-state index >= 15 is 0 Å². The predicted molar refractivity (Wildman–Crippen MR) is 240 cm³/mol. The van der Waals surface area contributed by atoms with Gasteiger partial charge in [0.25, 0.3) is 0 Å². The van der Waals surface area contributed by atoms with Crippen LogP contribution in [0.3, 0.4) is 0 Å². The van der Waals surface area contributed by atoms with Crippen molar-refractivity contribution in [3.05, 3.63) is 239 Å². The standard InChI is InChI=1S/C52H36N4/c1-5-33-17-9-13-21-42(33)46-31-41-30-39-26-25-37(53-39)29-38-27-28-40(54-38)32-47-48(43-22-14-10-18-34(43)6-2)49(44-23-15-11-19-35(44)7-3)52(56-47)50(51(46)55-41)45-24-16-12-20-36(45)8-4/h5-32H,1-4H2. The Hall–Kier alpha value is -7.56. The molecular formula is C52H36N4. The molecule has 56 heavy (non-hydrogen) atoms. The zero-order chi connectivity index (χ0) is 38.2. The number of benzene rings is 4. The van der Waals surface area contributed by atoms with Crippen molar-refractivity contribution in [2.75, 3.05) is 0 Å². The molecule has 0 saturated heterocycles. The Bertz CT molecular complexity index is 2840. The van der Waals surface area contributed by atoms with Gasteiger partial charge in [-0.25, -0.2) is 20.0 Å². The lowest BCUT2D eigenvalue weighted by Crippen LogP contribution is -2.09. The molecule has 4 aromatic carbocycles. The highest BCUT2D eigenvalue weighted by atomic mass is 14.9. The molecule has 4 nitrogen and oxygen atoms in total. The van der Waals surface area contributed by atoms with Gasteiger partial charge in [-0.1, -0.05) is 148 Å². The first-order valence-electron chi connectivity index (χ1n) is 18.5. The number of rotatable bonds is 8. The van der Waals surface area contributed by atoms with Crippen LogP contribution < -0.4 is 0 Å². The first-order valence-corrected chi connectivity index (χ1v) is 18.5. The molecule has 0 saturated carbocycles. The quantitative estimate of drug-likeness (QED) is 0.174. The van der Waals surface area contributed by atoms with Gasteiger partial charge in [0.15, 0.2) is 0 Å². The molecule has 8 bridgehead atoms. The van der Waals surface area contributed by atoms with E-state index in [1.807, 2.05) is 85.0 Å². The highest BCUT2D eigenvalue weighted by Gasteiger charge is 2.35. The maximum absolute atomic E-state index is 5.70. The fourth-order valence-electron chi connectivity index (χ4n) is 7.76. The fraction of sp³-hybridized carbons (Fsp3) is 0. The molecule has 0 unspecified atom stereocenters. The van der Waals surface area contributed by atoms with E-state index in [-0.39, 0.29) is 0 Å². The normalized spacial score (nSPS) is 16.7. The van der Waals surface area contributed by atoms with Crippen molar-refractivity contribution < 1.29 is 0 Å². The summed E-state index contributed by atoms with van der Waals surface area (Å²) in [4.78, 5) is 21.2. The van der Waals surface area contributed by atoms with E-state index in [1.165, 1.54) is 0 Å². The van der Waals surface area contributed by atoms with Gasteiger partial charge >= 0.3 is 0 Å². The average molecular weight is 717 g/mol. The van der Waals surface area contributed by atoms with Gasteiger partial charge in [-0.05, 0) is 93.1 Å². The molecule has 0 amide bonds. The third-order valence-electron chi connectivity index (χ3n) is 10.3. The minimum absolute atomic E-state index is 0.772. The molecule has 4 aromatic rings. The third kappa shape index (κ3) is 6.00. The Morgan fingerprint density at radius 3 is 1.38 bits per heavy atom. The maximum atomic E-state index is 5.70. The highest BCUT2D eigenvalue weighted by molar-refractivity contribution is 6.51. The number of allylic oxidation sites excluding steroid dienone is 12. The monoisotopic (exact) mass is 716 g/mol. The minimum Gasteiger partial charge on any atom is -0.249 e. The molecule has 264 valence electrons. The Labute approximate surface area is 327 Å². The zero-order valence-corrected chi connectivity index (χ0v) is 30.8. The molecule has 5 aliphatic heterocycles. The van der Waals surface area contributed by atoms with E-state index in [2.05, 4.69) is 111 Å². The molecule has 0 atom stereocenters. The molecule has 0 fully saturated rings. The molecule has 0 N–H and O–H groups in total. The minimum atomic E-state index is 0.772. The molecule has 0 aromatic heterocycles. The molecule has 0 aliphatic carbocycles. The molecule has 0 spiro atoms. The summed E-state index contributed by atoms with van der Waals surface area (Å²) in [6, 6.07) is 33.3. The van der Waals surface area contributed by atoms with Crippen LogP contribution in [0, 0.1) is 0 Å². The van der Waals surface area contributed by atoms with Crippen LogP contribution in [-0.4, -0.2) is 22.8 Å². The van der Waals surface area contributed by atoms with Crippen LogP contribution >= 0.6 is 0 Å². The van der Waals surface area contributed by atoms with Gasteiger partial charge in [0.05, 0.1) is 45.6 Å². The summed E-state index contributed by atoms with van der Waals surface area (Å²) in [6.45, 7) is 16.9. The Balaban J connectivity index is 1.50. The second-order valence-corrected chi connectivity index (χ2v) is 13.6. The number of hydrogen-bond acceptors (Lipinski definition) is 4. The van der Waals surface area contributed by atoms with Crippen molar-refractivity contribution >= 4 is 69.4 Å². The Morgan fingerprint density at radius 2 is 0.821 bits per heavy atom. The lowest BCUT2D eigenvalue weighted by molar-refractivity contribution is 1.41. The number of fused-ring (bicyclic) bond motifs is 4. The molecule has 0 radical (unpaired) electrons. The summed E-state index contributed by atoms with van der Waals surface area (Å²) < 4.78 is 0. The summed E-state index contributed by atoms with van der Waals surface area (Å²) in [7, 11) is 0. The van der Waals surface area contributed by atoms with Gasteiger partial charge < -0.3 is 0 Å². The van der Waals surface area contributed by atoms with Crippen molar-refractivity contribution in [2.24, 2.45) is 20.0 Å². The molecule has 5 aliphatic rings. The highest BCUT2D eigenvalue weighted by Crippen LogP contribution is 2.48. The lowest BCUT2D eigenvalue weighted by Gasteiger charge is -2.20. The van der Waals surface area contributed by atoms with Crippen LogP contribution in [0.25, 0.3) is 46.6 Å². The van der Waals surface area contributed by atoms with Crippen molar-refractivity contribution in [3.8, 4) is 0 Å². The van der Waals surface area contributed by atoms with Gasteiger partial charge in [0, 0.05) is 22.3 Å². The number of nitrogens with zero attached hydrogens (tertiary/aromatic N) is 4. The summed E-state index contributed by atoms with van der Waals surface area (Å²) in [5, 5.41) is 0. The van der Waals surface area contributed by atoms with E-state index in [1.54, 1.807) is 0 Å². The van der Waals surface area contributed by atoms with Gasteiger partial charge in [-0.3, -0.25) is 0 Å². The maximum Gasteiger partial charge on any atom is 0.0823 e. The number of hydrogen-bond donors (Lipinski definition) is 0. The second-order valence-electron chi connectivity index (χ2n) is 13.6. The smallest absolute Gasteiger partial charge is 0.0823 e. The van der Waals surface area contributed by atoms with Crippen molar-refractivity contribution in [1.82, 2.24) is 0 Å². The Morgan fingerprint density at radius 1 is 0.375 bits per heavy atom. The summed E-state index contributed by atoms with van der Waals surface area (Å²) in [6.07, 6.45) is 23.9. The van der Waals surface area contributed by atoms with Crippen LogP contribution in [-0.2, 0) is 0 Å². The largest absolute Gasteiger partial charge is 0.249 e. The van der Waals surface area contributed by atoms with Crippen LogP contribution in [0.2, 0.25) is 0 Å². The van der Waals surface area contributed by atoms with Crippen LogP contribution in [0.5, 0.6) is 0 Å².